The van der Waals surface area contributed by atoms with Gasteiger partial charge in [-0.3, -0.25) is 4.79 Å². The molecule has 5 nitrogen and oxygen atoms in total. The van der Waals surface area contributed by atoms with Crippen molar-refractivity contribution in [3.8, 4) is 0 Å². The maximum atomic E-state index is 12.3. The Bertz CT molecular complexity index is 381. The molecule has 0 aromatic carbocycles. The molecular weight excluding hydrogens is 256 g/mol. The average molecular weight is 282 g/mol. The van der Waals surface area contributed by atoms with E-state index in [-0.39, 0.29) is 12.1 Å². The first kappa shape index (κ1) is 15.1. The zero-order valence-electron chi connectivity index (χ0n) is 12.5. The van der Waals surface area contributed by atoms with Gasteiger partial charge in [-0.25, -0.2) is 4.79 Å². The number of hydrogen-bond donors (Lipinski definition) is 2. The molecule has 1 aliphatic carbocycles. The first-order chi connectivity index (χ1) is 9.37. The van der Waals surface area contributed by atoms with E-state index in [1.807, 2.05) is 0 Å². The molecule has 0 spiro atoms. The lowest BCUT2D eigenvalue weighted by Crippen LogP contribution is -2.51. The predicted octanol–water partition coefficient (Wildman–Crippen LogP) is 2.46. The zero-order valence-corrected chi connectivity index (χ0v) is 12.5. The van der Waals surface area contributed by atoms with Crippen molar-refractivity contribution in [2.75, 3.05) is 13.1 Å². The number of carboxylic acid groups (broad SMARTS) is 1. The van der Waals surface area contributed by atoms with E-state index in [0.29, 0.717) is 24.9 Å². The van der Waals surface area contributed by atoms with Crippen molar-refractivity contribution in [1.82, 2.24) is 10.2 Å². The van der Waals surface area contributed by atoms with Gasteiger partial charge < -0.3 is 15.3 Å². The van der Waals surface area contributed by atoms with Gasteiger partial charge in [0.2, 0.25) is 0 Å². The Hall–Kier alpha value is -1.26. The number of carbonyl (C=O) groups is 2. The van der Waals surface area contributed by atoms with Gasteiger partial charge in [0.05, 0.1) is 5.92 Å². The molecule has 1 heterocycles. The number of aliphatic carboxylic acids is 1. The van der Waals surface area contributed by atoms with Crippen LogP contribution in [0.5, 0.6) is 0 Å². The molecule has 2 aliphatic rings. The van der Waals surface area contributed by atoms with Gasteiger partial charge in [0.1, 0.15) is 0 Å². The lowest BCUT2D eigenvalue weighted by Gasteiger charge is -2.37. The Morgan fingerprint density at radius 2 is 2.00 bits per heavy atom. The largest absolute Gasteiger partial charge is 0.481 e. The summed E-state index contributed by atoms with van der Waals surface area (Å²) in [6, 6.07) is 0.148. The van der Waals surface area contributed by atoms with E-state index < -0.39 is 11.9 Å². The minimum absolute atomic E-state index is 0.0846. The summed E-state index contributed by atoms with van der Waals surface area (Å²) in [5.41, 5.74) is 0.293. The molecule has 2 atom stereocenters. The molecule has 0 aromatic rings. The standard InChI is InChI=1S/C15H26N2O3/c1-15(2)7-3-6-12(9-15)16-14(20)17-8-4-5-11(10-17)13(18)19/h11-12H,3-10H2,1-2H3,(H,16,20)(H,18,19)/t11-,12?/m0/s1. The number of carbonyl (C=O) groups excluding carboxylic acids is 1. The van der Waals surface area contributed by atoms with Crippen molar-refractivity contribution in [1.29, 1.82) is 0 Å². The van der Waals surface area contributed by atoms with Crippen LogP contribution in [0.2, 0.25) is 0 Å². The Morgan fingerprint density at radius 1 is 1.25 bits per heavy atom. The lowest BCUT2D eigenvalue weighted by molar-refractivity contribution is -0.143. The van der Waals surface area contributed by atoms with Crippen molar-refractivity contribution in [3.05, 3.63) is 0 Å². The third-order valence-electron chi connectivity index (χ3n) is 4.59. The van der Waals surface area contributed by atoms with Crippen LogP contribution in [-0.2, 0) is 4.79 Å². The molecule has 20 heavy (non-hydrogen) atoms. The van der Waals surface area contributed by atoms with Crippen LogP contribution in [0, 0.1) is 11.3 Å². The first-order valence-corrected chi connectivity index (χ1v) is 7.66. The van der Waals surface area contributed by atoms with Crippen molar-refractivity contribution >= 4 is 12.0 Å². The highest BCUT2D eigenvalue weighted by Gasteiger charge is 2.32. The molecule has 1 saturated heterocycles. The number of nitrogens with one attached hydrogen (secondary N) is 1. The molecule has 2 N–H and O–H groups in total. The highest BCUT2D eigenvalue weighted by molar-refractivity contribution is 5.76. The van der Waals surface area contributed by atoms with Crippen LogP contribution >= 0.6 is 0 Å². The predicted molar refractivity (Wildman–Crippen MR) is 76.5 cm³/mol. The van der Waals surface area contributed by atoms with Gasteiger partial charge in [0.25, 0.3) is 0 Å². The Balaban J connectivity index is 1.86. The van der Waals surface area contributed by atoms with E-state index in [4.69, 9.17) is 5.11 Å². The van der Waals surface area contributed by atoms with E-state index in [2.05, 4.69) is 19.2 Å². The van der Waals surface area contributed by atoms with Crippen LogP contribution in [0.4, 0.5) is 4.79 Å². The molecule has 0 aromatic heterocycles. The lowest BCUT2D eigenvalue weighted by atomic mass is 9.75. The van der Waals surface area contributed by atoms with Crippen molar-refractivity contribution in [3.63, 3.8) is 0 Å². The summed E-state index contributed by atoms with van der Waals surface area (Å²) < 4.78 is 0. The molecule has 0 bridgehead atoms. The minimum atomic E-state index is -0.790. The normalized spacial score (nSPS) is 29.8. The summed E-state index contributed by atoms with van der Waals surface area (Å²) in [4.78, 5) is 25.0. The van der Waals surface area contributed by atoms with E-state index in [0.717, 1.165) is 25.7 Å². The summed E-state index contributed by atoms with van der Waals surface area (Å²) >= 11 is 0. The summed E-state index contributed by atoms with van der Waals surface area (Å²) in [6.45, 7) is 5.50. The topological polar surface area (TPSA) is 69.6 Å². The van der Waals surface area contributed by atoms with Crippen molar-refractivity contribution < 1.29 is 14.7 Å². The smallest absolute Gasteiger partial charge is 0.317 e. The second kappa shape index (κ2) is 6.02. The second-order valence-electron chi connectivity index (χ2n) is 7.03. The molecule has 1 aliphatic heterocycles. The Morgan fingerprint density at radius 3 is 2.65 bits per heavy atom. The van der Waals surface area contributed by atoms with Crippen molar-refractivity contribution in [2.24, 2.45) is 11.3 Å². The maximum absolute atomic E-state index is 12.3. The monoisotopic (exact) mass is 282 g/mol. The Labute approximate surface area is 120 Å². The third-order valence-corrected chi connectivity index (χ3v) is 4.59. The number of likely N-dealkylation sites (tertiary alicyclic amines) is 1. The number of rotatable bonds is 2. The number of hydrogen-bond acceptors (Lipinski definition) is 2. The van der Waals surface area contributed by atoms with Gasteiger partial charge in [-0.15, -0.1) is 0 Å². The molecule has 2 rings (SSSR count). The van der Waals surface area contributed by atoms with Crippen LogP contribution in [0.15, 0.2) is 0 Å². The highest BCUT2D eigenvalue weighted by atomic mass is 16.4. The quantitative estimate of drug-likeness (QED) is 0.817. The number of carboxylic acids is 1. The molecular formula is C15H26N2O3. The fourth-order valence-corrected chi connectivity index (χ4v) is 3.45. The highest BCUT2D eigenvalue weighted by Crippen LogP contribution is 2.35. The third kappa shape index (κ3) is 3.87. The van der Waals surface area contributed by atoms with Crippen LogP contribution in [0.1, 0.15) is 52.4 Å². The summed E-state index contributed by atoms with van der Waals surface area (Å²) in [5, 5.41) is 12.2. The van der Waals surface area contributed by atoms with Gasteiger partial charge >= 0.3 is 12.0 Å². The van der Waals surface area contributed by atoms with Crippen molar-refractivity contribution in [2.45, 2.75) is 58.4 Å². The van der Waals surface area contributed by atoms with Crippen LogP contribution in [-0.4, -0.2) is 41.1 Å². The summed E-state index contributed by atoms with van der Waals surface area (Å²) in [6.07, 6.45) is 5.86. The van der Waals surface area contributed by atoms with Crippen LogP contribution in [0.25, 0.3) is 0 Å². The van der Waals surface area contributed by atoms with Crippen LogP contribution in [0.3, 0.4) is 0 Å². The van der Waals surface area contributed by atoms with E-state index in [1.165, 1.54) is 6.42 Å². The minimum Gasteiger partial charge on any atom is -0.481 e. The molecule has 0 radical (unpaired) electrons. The molecule has 1 unspecified atom stereocenters. The fraction of sp³-hybridized carbons (Fsp3) is 0.867. The number of piperidine rings is 1. The number of nitrogens with zero attached hydrogens (tertiary/aromatic N) is 1. The van der Waals surface area contributed by atoms with Gasteiger partial charge in [0.15, 0.2) is 0 Å². The summed E-state index contributed by atoms with van der Waals surface area (Å²) in [5.74, 6) is -1.20. The molecule has 5 heteroatoms. The van der Waals surface area contributed by atoms with E-state index in [9.17, 15) is 9.59 Å². The summed E-state index contributed by atoms with van der Waals surface area (Å²) in [7, 11) is 0. The fourth-order valence-electron chi connectivity index (χ4n) is 3.45. The van der Waals surface area contributed by atoms with E-state index >= 15 is 0 Å². The number of amides is 2. The molecule has 2 amide bonds. The zero-order chi connectivity index (χ0) is 14.8. The molecule has 114 valence electrons. The molecule has 2 fully saturated rings. The van der Waals surface area contributed by atoms with Crippen LogP contribution < -0.4 is 5.32 Å². The maximum Gasteiger partial charge on any atom is 0.317 e. The van der Waals surface area contributed by atoms with Gasteiger partial charge in [-0.05, 0) is 37.5 Å². The van der Waals surface area contributed by atoms with Gasteiger partial charge in [-0.2, -0.15) is 0 Å². The van der Waals surface area contributed by atoms with Gasteiger partial charge in [-0.1, -0.05) is 20.3 Å². The SMILES string of the molecule is CC1(C)CCCC(NC(=O)N2CCC[C@H](C(=O)O)C2)C1. The average Bonchev–Trinajstić information content (AvgIpc) is 2.37. The van der Waals surface area contributed by atoms with E-state index in [1.54, 1.807) is 4.90 Å². The Kier molecular flexibility index (Phi) is 4.55. The second-order valence-corrected chi connectivity index (χ2v) is 7.03. The molecule has 1 saturated carbocycles. The first-order valence-electron chi connectivity index (χ1n) is 7.66. The van der Waals surface area contributed by atoms with Gasteiger partial charge in [0, 0.05) is 19.1 Å². The number of urea groups is 1.